The first-order chi connectivity index (χ1) is 9.64. The fourth-order valence-electron chi connectivity index (χ4n) is 3.36. The van der Waals surface area contributed by atoms with Crippen LogP contribution in [-0.2, 0) is 5.54 Å². The Morgan fingerprint density at radius 1 is 1.20 bits per heavy atom. The van der Waals surface area contributed by atoms with Crippen LogP contribution < -0.4 is 5.73 Å². The topological polar surface area (TPSA) is 49.5 Å². The molecule has 3 heteroatoms. The van der Waals surface area contributed by atoms with E-state index in [0.29, 0.717) is 6.54 Å². The minimum atomic E-state index is -0.662. The van der Waals surface area contributed by atoms with Gasteiger partial charge in [-0.25, -0.2) is 0 Å². The number of benzene rings is 1. The first kappa shape index (κ1) is 15.5. The lowest BCUT2D eigenvalue weighted by Gasteiger charge is -2.35. The van der Waals surface area contributed by atoms with Gasteiger partial charge in [-0.2, -0.15) is 0 Å². The Bertz CT molecular complexity index is 389. The van der Waals surface area contributed by atoms with Gasteiger partial charge in [0.2, 0.25) is 0 Å². The highest BCUT2D eigenvalue weighted by Gasteiger charge is 2.29. The van der Waals surface area contributed by atoms with Crippen LogP contribution in [0, 0.1) is 5.92 Å². The summed E-state index contributed by atoms with van der Waals surface area (Å²) in [6.45, 7) is 1.77. The Hall–Kier alpha value is -0.900. The highest BCUT2D eigenvalue weighted by atomic mass is 16.3. The summed E-state index contributed by atoms with van der Waals surface area (Å²) in [5, 5.41) is 9.74. The Morgan fingerprint density at radius 3 is 2.45 bits per heavy atom. The van der Waals surface area contributed by atoms with E-state index in [2.05, 4.69) is 11.9 Å². The molecule has 0 aromatic heterocycles. The van der Waals surface area contributed by atoms with E-state index in [0.717, 1.165) is 18.0 Å². The maximum absolute atomic E-state index is 9.74. The fourth-order valence-corrected chi connectivity index (χ4v) is 3.36. The average molecular weight is 276 g/mol. The number of nitrogens with two attached hydrogens (primary N) is 1. The molecule has 2 rings (SSSR count). The van der Waals surface area contributed by atoms with Crippen molar-refractivity contribution in [3.05, 3.63) is 35.9 Å². The van der Waals surface area contributed by atoms with Crippen molar-refractivity contribution in [1.29, 1.82) is 0 Å². The summed E-state index contributed by atoms with van der Waals surface area (Å²) in [6, 6.07) is 9.95. The lowest BCUT2D eigenvalue weighted by Crippen LogP contribution is -2.50. The van der Waals surface area contributed by atoms with Gasteiger partial charge < -0.3 is 15.7 Å². The molecule has 0 spiro atoms. The summed E-state index contributed by atoms with van der Waals surface area (Å²) in [5.41, 5.74) is 6.78. The number of hydrogen-bond acceptors (Lipinski definition) is 3. The molecule has 20 heavy (non-hydrogen) atoms. The van der Waals surface area contributed by atoms with Gasteiger partial charge in [0.1, 0.15) is 0 Å². The predicted molar refractivity (Wildman–Crippen MR) is 83.5 cm³/mol. The van der Waals surface area contributed by atoms with Gasteiger partial charge in [-0.05, 0) is 31.4 Å². The number of hydrogen-bond donors (Lipinski definition) is 2. The zero-order valence-corrected chi connectivity index (χ0v) is 12.6. The van der Waals surface area contributed by atoms with Crippen molar-refractivity contribution in [1.82, 2.24) is 4.90 Å². The van der Waals surface area contributed by atoms with Crippen LogP contribution in [0.15, 0.2) is 30.3 Å². The predicted octanol–water partition coefficient (Wildman–Crippen LogP) is 2.35. The molecule has 1 aromatic rings. The van der Waals surface area contributed by atoms with Crippen molar-refractivity contribution < 1.29 is 5.11 Å². The monoisotopic (exact) mass is 276 g/mol. The zero-order chi connectivity index (χ0) is 14.4. The third-order valence-electron chi connectivity index (χ3n) is 4.48. The second-order valence-corrected chi connectivity index (χ2v) is 6.38. The molecule has 3 nitrogen and oxygen atoms in total. The van der Waals surface area contributed by atoms with Crippen LogP contribution >= 0.6 is 0 Å². The van der Waals surface area contributed by atoms with E-state index >= 15 is 0 Å². The van der Waals surface area contributed by atoms with Crippen LogP contribution in [0.2, 0.25) is 0 Å². The van der Waals surface area contributed by atoms with Crippen molar-refractivity contribution >= 4 is 0 Å². The Balaban J connectivity index is 1.94. The summed E-state index contributed by atoms with van der Waals surface area (Å²) in [7, 11) is 2.12. The molecule has 0 saturated heterocycles. The summed E-state index contributed by atoms with van der Waals surface area (Å²) in [5.74, 6) is 0.799. The maximum Gasteiger partial charge on any atom is 0.0772 e. The van der Waals surface area contributed by atoms with Crippen molar-refractivity contribution in [3.63, 3.8) is 0 Å². The molecule has 1 saturated carbocycles. The fraction of sp³-hybridized carbons (Fsp3) is 0.647. The Morgan fingerprint density at radius 2 is 1.85 bits per heavy atom. The zero-order valence-electron chi connectivity index (χ0n) is 12.6. The van der Waals surface area contributed by atoms with Crippen LogP contribution in [-0.4, -0.2) is 36.8 Å². The molecule has 112 valence electrons. The lowest BCUT2D eigenvalue weighted by atomic mass is 9.87. The summed E-state index contributed by atoms with van der Waals surface area (Å²) >= 11 is 0. The minimum Gasteiger partial charge on any atom is -0.394 e. The standard InChI is InChI=1S/C17H28N2O/c1-19(12-15-8-4-2-5-9-15)13-17(18,14-20)16-10-6-3-7-11-16/h3,6-7,10-11,15,20H,2,4-5,8-9,12-14,18H2,1H3. The summed E-state index contributed by atoms with van der Waals surface area (Å²) in [4.78, 5) is 2.29. The average Bonchev–Trinajstić information content (AvgIpc) is 2.49. The Kier molecular flexibility index (Phi) is 5.58. The van der Waals surface area contributed by atoms with E-state index in [1.54, 1.807) is 0 Å². The molecule has 1 fully saturated rings. The number of rotatable bonds is 6. The molecule has 0 heterocycles. The van der Waals surface area contributed by atoms with Gasteiger partial charge in [-0.3, -0.25) is 0 Å². The molecule has 1 aliphatic rings. The molecule has 1 unspecified atom stereocenters. The molecule has 1 atom stereocenters. The van der Waals surface area contributed by atoms with Gasteiger partial charge in [0.25, 0.3) is 0 Å². The minimum absolute atomic E-state index is 0.0218. The molecule has 3 N–H and O–H groups in total. The van der Waals surface area contributed by atoms with E-state index in [1.165, 1.54) is 32.1 Å². The largest absolute Gasteiger partial charge is 0.394 e. The van der Waals surface area contributed by atoms with Crippen LogP contribution in [0.5, 0.6) is 0 Å². The third-order valence-corrected chi connectivity index (χ3v) is 4.48. The van der Waals surface area contributed by atoms with Crippen molar-refractivity contribution in [3.8, 4) is 0 Å². The van der Waals surface area contributed by atoms with E-state index in [9.17, 15) is 5.11 Å². The highest BCUT2D eigenvalue weighted by molar-refractivity contribution is 5.24. The van der Waals surface area contributed by atoms with Gasteiger partial charge in [-0.1, -0.05) is 49.6 Å². The van der Waals surface area contributed by atoms with Crippen LogP contribution in [0.25, 0.3) is 0 Å². The van der Waals surface area contributed by atoms with Crippen LogP contribution in [0.1, 0.15) is 37.7 Å². The second kappa shape index (κ2) is 7.21. The van der Waals surface area contributed by atoms with Gasteiger partial charge in [0.15, 0.2) is 0 Å². The molecule has 0 bridgehead atoms. The number of likely N-dealkylation sites (N-methyl/N-ethyl adjacent to an activating group) is 1. The normalized spacial score (nSPS) is 20.0. The van der Waals surface area contributed by atoms with Gasteiger partial charge in [0.05, 0.1) is 12.1 Å². The van der Waals surface area contributed by atoms with Gasteiger partial charge >= 0.3 is 0 Å². The SMILES string of the molecule is CN(CC1CCCCC1)CC(N)(CO)c1ccccc1. The molecular weight excluding hydrogens is 248 g/mol. The maximum atomic E-state index is 9.74. The second-order valence-electron chi connectivity index (χ2n) is 6.38. The highest BCUT2D eigenvalue weighted by Crippen LogP contribution is 2.25. The molecule has 1 aliphatic carbocycles. The lowest BCUT2D eigenvalue weighted by molar-refractivity contribution is 0.134. The third kappa shape index (κ3) is 4.05. The van der Waals surface area contributed by atoms with Crippen LogP contribution in [0.4, 0.5) is 0 Å². The smallest absolute Gasteiger partial charge is 0.0772 e. The molecule has 1 aromatic carbocycles. The molecule has 0 amide bonds. The first-order valence-electron chi connectivity index (χ1n) is 7.78. The number of nitrogens with zero attached hydrogens (tertiary/aromatic N) is 1. The first-order valence-corrected chi connectivity index (χ1v) is 7.78. The van der Waals surface area contributed by atoms with Crippen LogP contribution in [0.3, 0.4) is 0 Å². The van der Waals surface area contributed by atoms with Crippen molar-refractivity contribution in [2.24, 2.45) is 11.7 Å². The van der Waals surface area contributed by atoms with Crippen molar-refractivity contribution in [2.45, 2.75) is 37.6 Å². The molecular formula is C17H28N2O. The number of aliphatic hydroxyl groups is 1. The molecule has 0 radical (unpaired) electrons. The summed E-state index contributed by atoms with van der Waals surface area (Å²) < 4.78 is 0. The quantitative estimate of drug-likeness (QED) is 0.838. The van der Waals surface area contributed by atoms with E-state index in [1.807, 2.05) is 30.3 Å². The van der Waals surface area contributed by atoms with Gasteiger partial charge in [0, 0.05) is 13.1 Å². The van der Waals surface area contributed by atoms with Crippen molar-refractivity contribution in [2.75, 3.05) is 26.7 Å². The molecule has 0 aliphatic heterocycles. The van der Waals surface area contributed by atoms with E-state index in [-0.39, 0.29) is 6.61 Å². The van der Waals surface area contributed by atoms with E-state index in [4.69, 9.17) is 5.73 Å². The summed E-state index contributed by atoms with van der Waals surface area (Å²) in [6.07, 6.45) is 6.80. The van der Waals surface area contributed by atoms with Gasteiger partial charge in [-0.15, -0.1) is 0 Å². The number of aliphatic hydroxyl groups excluding tert-OH is 1. The Labute approximate surface area is 122 Å². The van der Waals surface area contributed by atoms with E-state index < -0.39 is 5.54 Å².